The Balaban J connectivity index is 3.50. The molecule has 0 aliphatic carbocycles. The maximum atomic E-state index is 12.9. The maximum absolute atomic E-state index is 12.9. The highest BCUT2D eigenvalue weighted by Crippen LogP contribution is 2.34. The van der Waals surface area contributed by atoms with Gasteiger partial charge in [-0.3, -0.25) is 10.1 Å². The standard InChI is InChI=1S/C9H11F2N3O4/c1-3-5(9(15)16)13-7(8(10)11)6(14(17)18)4(2)12-13/h5,8H,3H2,1-2H3,(H,15,16)/t5-/m1/s1. The summed E-state index contributed by atoms with van der Waals surface area (Å²) < 4.78 is 26.3. The number of nitro groups is 1. The molecule has 0 fully saturated rings. The number of hydrogen-bond donors (Lipinski definition) is 1. The van der Waals surface area contributed by atoms with E-state index >= 15 is 0 Å². The second-order valence-electron chi connectivity index (χ2n) is 3.58. The zero-order valence-corrected chi connectivity index (χ0v) is 9.63. The van der Waals surface area contributed by atoms with Crippen LogP contribution in [0.4, 0.5) is 14.5 Å². The van der Waals surface area contributed by atoms with Gasteiger partial charge in [0.15, 0.2) is 5.69 Å². The van der Waals surface area contributed by atoms with Crippen molar-refractivity contribution in [2.75, 3.05) is 0 Å². The van der Waals surface area contributed by atoms with Crippen molar-refractivity contribution in [2.45, 2.75) is 32.7 Å². The predicted molar refractivity (Wildman–Crippen MR) is 55.5 cm³/mol. The first-order chi connectivity index (χ1) is 8.31. The Kier molecular flexibility index (Phi) is 3.94. The fourth-order valence-corrected chi connectivity index (χ4v) is 1.68. The number of carboxylic acids is 1. The highest BCUT2D eigenvalue weighted by atomic mass is 19.3. The third-order valence-corrected chi connectivity index (χ3v) is 2.45. The van der Waals surface area contributed by atoms with Gasteiger partial charge in [0.2, 0.25) is 0 Å². The number of aromatic nitrogens is 2. The summed E-state index contributed by atoms with van der Waals surface area (Å²) in [6.45, 7) is 2.66. The second-order valence-corrected chi connectivity index (χ2v) is 3.58. The maximum Gasteiger partial charge on any atom is 0.328 e. The van der Waals surface area contributed by atoms with Crippen molar-refractivity contribution in [1.29, 1.82) is 0 Å². The highest BCUT2D eigenvalue weighted by Gasteiger charge is 2.35. The summed E-state index contributed by atoms with van der Waals surface area (Å²) in [5.74, 6) is -1.36. The molecule has 1 aromatic rings. The smallest absolute Gasteiger partial charge is 0.328 e. The Hall–Kier alpha value is -2.06. The van der Waals surface area contributed by atoms with Gasteiger partial charge in [-0.15, -0.1) is 0 Å². The van der Waals surface area contributed by atoms with Crippen molar-refractivity contribution >= 4 is 11.7 Å². The van der Waals surface area contributed by atoms with Gasteiger partial charge in [-0.1, -0.05) is 6.92 Å². The SMILES string of the molecule is CC[C@H](C(=O)O)n1nc(C)c([N+](=O)[O-])c1C(F)F. The molecule has 1 rings (SSSR count). The molecule has 0 amide bonds. The normalized spacial score (nSPS) is 12.7. The zero-order chi connectivity index (χ0) is 14.0. The second kappa shape index (κ2) is 5.07. The number of carboxylic acid groups (broad SMARTS) is 1. The summed E-state index contributed by atoms with van der Waals surface area (Å²) >= 11 is 0. The van der Waals surface area contributed by atoms with Gasteiger partial charge in [0.05, 0.1) is 4.92 Å². The van der Waals surface area contributed by atoms with E-state index in [1.54, 1.807) is 0 Å². The molecular formula is C9H11F2N3O4. The summed E-state index contributed by atoms with van der Waals surface area (Å²) in [6.07, 6.45) is -3.17. The number of alkyl halides is 2. The lowest BCUT2D eigenvalue weighted by Crippen LogP contribution is -2.21. The summed E-state index contributed by atoms with van der Waals surface area (Å²) in [5, 5.41) is 23.2. The number of nitrogens with zero attached hydrogens (tertiary/aromatic N) is 3. The van der Waals surface area contributed by atoms with Crippen LogP contribution in [0.1, 0.15) is 37.2 Å². The fraction of sp³-hybridized carbons (Fsp3) is 0.556. The van der Waals surface area contributed by atoms with Crippen molar-refractivity contribution in [3.8, 4) is 0 Å². The average molecular weight is 263 g/mol. The molecule has 0 unspecified atom stereocenters. The Morgan fingerprint density at radius 2 is 2.17 bits per heavy atom. The van der Waals surface area contributed by atoms with Crippen LogP contribution in [-0.4, -0.2) is 25.8 Å². The minimum absolute atomic E-state index is 0.00662. The molecule has 1 heterocycles. The Labute approximate surface area is 100 Å². The van der Waals surface area contributed by atoms with Gasteiger partial charge in [0, 0.05) is 0 Å². The molecule has 0 aliphatic heterocycles. The molecule has 0 aromatic carbocycles. The van der Waals surface area contributed by atoms with Gasteiger partial charge in [-0.25, -0.2) is 18.3 Å². The van der Waals surface area contributed by atoms with E-state index in [9.17, 15) is 23.7 Å². The Morgan fingerprint density at radius 3 is 2.50 bits per heavy atom. The molecule has 0 saturated heterocycles. The molecule has 100 valence electrons. The van der Waals surface area contributed by atoms with Gasteiger partial charge in [0.25, 0.3) is 6.43 Å². The van der Waals surface area contributed by atoms with Gasteiger partial charge in [-0.05, 0) is 13.3 Å². The van der Waals surface area contributed by atoms with Gasteiger partial charge < -0.3 is 5.11 Å². The fourth-order valence-electron chi connectivity index (χ4n) is 1.68. The van der Waals surface area contributed by atoms with Gasteiger partial charge in [0.1, 0.15) is 11.7 Å². The van der Waals surface area contributed by atoms with Crippen molar-refractivity contribution < 1.29 is 23.6 Å². The monoisotopic (exact) mass is 263 g/mol. The third kappa shape index (κ3) is 2.29. The number of rotatable bonds is 5. The van der Waals surface area contributed by atoms with E-state index in [0.717, 1.165) is 0 Å². The molecule has 0 saturated carbocycles. The van der Waals surface area contributed by atoms with Crippen LogP contribution in [0.5, 0.6) is 0 Å². The van der Waals surface area contributed by atoms with Crippen molar-refractivity contribution in [1.82, 2.24) is 9.78 Å². The molecule has 7 nitrogen and oxygen atoms in total. The van der Waals surface area contributed by atoms with Crippen LogP contribution in [0, 0.1) is 17.0 Å². The molecule has 1 N–H and O–H groups in total. The van der Waals surface area contributed by atoms with Gasteiger partial charge >= 0.3 is 11.7 Å². The molecule has 0 bridgehead atoms. The molecular weight excluding hydrogens is 252 g/mol. The van der Waals surface area contributed by atoms with Crippen LogP contribution in [0.25, 0.3) is 0 Å². The van der Waals surface area contributed by atoms with E-state index in [1.807, 2.05) is 0 Å². The third-order valence-electron chi connectivity index (χ3n) is 2.45. The van der Waals surface area contributed by atoms with E-state index in [0.29, 0.717) is 4.68 Å². The number of hydrogen-bond acceptors (Lipinski definition) is 4. The van der Waals surface area contributed by atoms with Gasteiger partial charge in [-0.2, -0.15) is 5.10 Å². The van der Waals surface area contributed by atoms with Crippen molar-refractivity contribution in [3.63, 3.8) is 0 Å². The molecule has 1 aromatic heterocycles. The van der Waals surface area contributed by atoms with E-state index < -0.39 is 34.7 Å². The first-order valence-corrected chi connectivity index (χ1v) is 5.05. The largest absolute Gasteiger partial charge is 0.480 e. The Morgan fingerprint density at radius 1 is 1.61 bits per heavy atom. The number of aryl methyl sites for hydroxylation is 1. The summed E-state index contributed by atoms with van der Waals surface area (Å²) in [6, 6.07) is -1.35. The lowest BCUT2D eigenvalue weighted by molar-refractivity contribution is -0.387. The molecule has 0 spiro atoms. The zero-order valence-electron chi connectivity index (χ0n) is 9.63. The molecule has 0 radical (unpaired) electrons. The summed E-state index contributed by atoms with van der Waals surface area (Å²) in [5.41, 5.74) is -2.02. The summed E-state index contributed by atoms with van der Waals surface area (Å²) in [7, 11) is 0. The number of aliphatic carboxylic acids is 1. The number of carbonyl (C=O) groups is 1. The number of halogens is 2. The van der Waals surface area contributed by atoms with Crippen molar-refractivity contribution in [2.24, 2.45) is 0 Å². The quantitative estimate of drug-likeness (QED) is 0.647. The van der Waals surface area contributed by atoms with Crippen LogP contribution < -0.4 is 0 Å². The van der Waals surface area contributed by atoms with E-state index in [1.165, 1.54) is 13.8 Å². The first-order valence-electron chi connectivity index (χ1n) is 5.05. The van der Waals surface area contributed by atoms with Crippen LogP contribution in [-0.2, 0) is 4.79 Å². The molecule has 1 atom stereocenters. The lowest BCUT2D eigenvalue weighted by atomic mass is 10.2. The van der Waals surface area contributed by atoms with Crippen LogP contribution in [0.3, 0.4) is 0 Å². The molecule has 18 heavy (non-hydrogen) atoms. The molecule has 0 aliphatic rings. The topological polar surface area (TPSA) is 98.3 Å². The van der Waals surface area contributed by atoms with Crippen LogP contribution >= 0.6 is 0 Å². The molecule has 9 heteroatoms. The average Bonchev–Trinajstić information content (AvgIpc) is 2.56. The van der Waals surface area contributed by atoms with E-state index in [2.05, 4.69) is 5.10 Å². The van der Waals surface area contributed by atoms with Crippen molar-refractivity contribution in [3.05, 3.63) is 21.5 Å². The minimum atomic E-state index is -3.17. The van der Waals surface area contributed by atoms with Crippen LogP contribution in [0.2, 0.25) is 0 Å². The van der Waals surface area contributed by atoms with E-state index in [-0.39, 0.29) is 12.1 Å². The highest BCUT2D eigenvalue weighted by molar-refractivity contribution is 5.72. The minimum Gasteiger partial charge on any atom is -0.480 e. The lowest BCUT2D eigenvalue weighted by Gasteiger charge is -2.12. The first kappa shape index (κ1) is 14.0. The van der Waals surface area contributed by atoms with Crippen LogP contribution in [0.15, 0.2) is 0 Å². The Bertz CT molecular complexity index is 486. The predicted octanol–water partition coefficient (Wildman–Crippen LogP) is 2.07. The van der Waals surface area contributed by atoms with E-state index in [4.69, 9.17) is 5.11 Å². The summed E-state index contributed by atoms with van der Waals surface area (Å²) in [4.78, 5) is 20.7.